The molecule has 0 atom stereocenters. The van der Waals surface area contributed by atoms with Gasteiger partial charge in [0.15, 0.2) is 0 Å². The number of aromatic amines is 2. The second-order valence-electron chi connectivity index (χ2n) is 6.41. The van der Waals surface area contributed by atoms with Gasteiger partial charge in [0.05, 0.1) is 9.95 Å². The number of hydrogen-bond donors (Lipinski definition) is 3. The number of rotatable bonds is 2. The van der Waals surface area contributed by atoms with Crippen LogP contribution in [0.1, 0.15) is 0 Å². The van der Waals surface area contributed by atoms with Gasteiger partial charge in [0.2, 0.25) is 0 Å². The average molecular weight is 378 g/mol. The molecule has 0 aliphatic rings. The number of aromatic hydroxyl groups is 1. The zero-order valence-corrected chi connectivity index (χ0v) is 14.5. The lowest BCUT2D eigenvalue weighted by atomic mass is 9.97. The maximum atomic E-state index is 11.0. The lowest BCUT2D eigenvalue weighted by Crippen LogP contribution is -1.89. The molecular formula is C20H12ClN3O3. The SMILES string of the molecule is O=[N+]([O-])c1ccc(-c2cc3[nH]c4ccc(O)cc4c3c3c[nH]cc23)c(Cl)c1. The molecule has 27 heavy (non-hydrogen) atoms. The topological polar surface area (TPSA) is 94.9 Å². The van der Waals surface area contributed by atoms with E-state index in [0.717, 1.165) is 43.7 Å². The van der Waals surface area contributed by atoms with Crippen molar-refractivity contribution in [1.29, 1.82) is 0 Å². The number of benzene rings is 3. The number of halogens is 1. The van der Waals surface area contributed by atoms with Crippen molar-refractivity contribution in [2.45, 2.75) is 0 Å². The van der Waals surface area contributed by atoms with Crippen LogP contribution < -0.4 is 0 Å². The molecule has 2 aromatic heterocycles. The molecule has 0 radical (unpaired) electrons. The molecule has 0 bridgehead atoms. The highest BCUT2D eigenvalue weighted by Gasteiger charge is 2.17. The van der Waals surface area contributed by atoms with Gasteiger partial charge in [-0.1, -0.05) is 11.6 Å². The Hall–Kier alpha value is -3.51. The van der Waals surface area contributed by atoms with Gasteiger partial charge in [0.25, 0.3) is 5.69 Å². The van der Waals surface area contributed by atoms with E-state index in [-0.39, 0.29) is 11.4 Å². The van der Waals surface area contributed by atoms with Crippen molar-refractivity contribution < 1.29 is 10.0 Å². The van der Waals surface area contributed by atoms with Crippen molar-refractivity contribution in [3.05, 3.63) is 70.0 Å². The normalized spacial score (nSPS) is 11.6. The number of aromatic nitrogens is 2. The first kappa shape index (κ1) is 15.7. The number of non-ortho nitro benzene ring substituents is 1. The van der Waals surface area contributed by atoms with Crippen LogP contribution in [0.25, 0.3) is 43.7 Å². The fourth-order valence-electron chi connectivity index (χ4n) is 3.67. The van der Waals surface area contributed by atoms with Crippen LogP contribution in [0.2, 0.25) is 5.02 Å². The number of nitrogens with one attached hydrogen (secondary N) is 2. The third kappa shape index (κ3) is 2.27. The molecular weight excluding hydrogens is 366 g/mol. The summed E-state index contributed by atoms with van der Waals surface area (Å²) >= 11 is 6.37. The lowest BCUT2D eigenvalue weighted by molar-refractivity contribution is -0.384. The van der Waals surface area contributed by atoms with Crippen LogP contribution in [0.3, 0.4) is 0 Å². The van der Waals surface area contributed by atoms with Crippen molar-refractivity contribution in [2.75, 3.05) is 0 Å². The molecule has 0 fully saturated rings. The van der Waals surface area contributed by atoms with E-state index in [2.05, 4.69) is 9.97 Å². The van der Waals surface area contributed by atoms with E-state index in [4.69, 9.17) is 11.6 Å². The van der Waals surface area contributed by atoms with Gasteiger partial charge in [0.1, 0.15) is 5.75 Å². The maximum Gasteiger partial charge on any atom is 0.270 e. The van der Waals surface area contributed by atoms with Gasteiger partial charge < -0.3 is 15.1 Å². The first-order valence-corrected chi connectivity index (χ1v) is 8.59. The number of H-pyrrole nitrogens is 2. The summed E-state index contributed by atoms with van der Waals surface area (Å²) in [5, 5.41) is 25.0. The molecule has 3 aromatic carbocycles. The summed E-state index contributed by atoms with van der Waals surface area (Å²) < 4.78 is 0. The number of hydrogen-bond acceptors (Lipinski definition) is 3. The van der Waals surface area contributed by atoms with E-state index in [1.54, 1.807) is 18.2 Å². The second-order valence-corrected chi connectivity index (χ2v) is 6.81. The van der Waals surface area contributed by atoms with Crippen molar-refractivity contribution in [2.24, 2.45) is 0 Å². The summed E-state index contributed by atoms with van der Waals surface area (Å²) in [4.78, 5) is 17.0. The summed E-state index contributed by atoms with van der Waals surface area (Å²) in [6.07, 6.45) is 3.78. The summed E-state index contributed by atoms with van der Waals surface area (Å²) in [6, 6.07) is 11.7. The molecule has 0 aliphatic carbocycles. The van der Waals surface area contributed by atoms with Crippen LogP contribution >= 0.6 is 11.6 Å². The predicted octanol–water partition coefficient (Wildman–Crippen LogP) is 5.74. The third-order valence-electron chi connectivity index (χ3n) is 4.86. The molecule has 7 heteroatoms. The lowest BCUT2D eigenvalue weighted by Gasteiger charge is -2.08. The van der Waals surface area contributed by atoms with E-state index >= 15 is 0 Å². The predicted molar refractivity (Wildman–Crippen MR) is 106 cm³/mol. The van der Waals surface area contributed by atoms with Crippen molar-refractivity contribution in [1.82, 2.24) is 9.97 Å². The molecule has 0 saturated carbocycles. The standard InChI is InChI=1S/C20H12ClN3O3/c21-17-5-10(24(26)27)1-3-12(17)13-7-19-20(16-9-22-8-15(13)16)14-6-11(25)2-4-18(14)23-19/h1-9,22-23,25H. The number of nitrogens with zero attached hydrogens (tertiary/aromatic N) is 1. The smallest absolute Gasteiger partial charge is 0.270 e. The van der Waals surface area contributed by atoms with Gasteiger partial charge >= 0.3 is 0 Å². The first-order chi connectivity index (χ1) is 13.0. The molecule has 0 amide bonds. The monoisotopic (exact) mass is 377 g/mol. The first-order valence-electron chi connectivity index (χ1n) is 8.21. The Balaban J connectivity index is 1.87. The van der Waals surface area contributed by atoms with Gasteiger partial charge in [-0.2, -0.15) is 0 Å². The molecule has 2 heterocycles. The van der Waals surface area contributed by atoms with Crippen LogP contribution in [-0.2, 0) is 0 Å². The zero-order chi connectivity index (χ0) is 18.7. The number of phenolic OH excluding ortho intramolecular Hbond substituents is 1. The molecule has 0 unspecified atom stereocenters. The largest absolute Gasteiger partial charge is 0.508 e. The number of fused-ring (bicyclic) bond motifs is 5. The number of nitro benzene ring substituents is 1. The maximum absolute atomic E-state index is 11.0. The highest BCUT2D eigenvalue weighted by Crippen LogP contribution is 2.41. The Labute approximate surface area is 157 Å². The van der Waals surface area contributed by atoms with Crippen molar-refractivity contribution >= 4 is 49.9 Å². The average Bonchev–Trinajstić information content (AvgIpc) is 3.24. The Morgan fingerprint density at radius 1 is 0.926 bits per heavy atom. The Bertz CT molecular complexity index is 1380. The molecule has 0 aliphatic heterocycles. The summed E-state index contributed by atoms with van der Waals surface area (Å²) in [5.74, 6) is 0.203. The second kappa shape index (κ2) is 5.49. The van der Waals surface area contributed by atoms with Gasteiger partial charge in [-0.05, 0) is 35.9 Å². The fraction of sp³-hybridized carbons (Fsp3) is 0. The van der Waals surface area contributed by atoms with E-state index < -0.39 is 4.92 Å². The van der Waals surface area contributed by atoms with Gasteiger partial charge in [-0.3, -0.25) is 10.1 Å². The number of nitro groups is 1. The van der Waals surface area contributed by atoms with E-state index in [0.29, 0.717) is 5.02 Å². The van der Waals surface area contributed by atoms with Crippen LogP contribution in [0.4, 0.5) is 5.69 Å². The highest BCUT2D eigenvalue weighted by molar-refractivity contribution is 6.34. The molecule has 3 N–H and O–H groups in total. The Morgan fingerprint density at radius 3 is 2.52 bits per heavy atom. The summed E-state index contributed by atoms with van der Waals surface area (Å²) in [6.45, 7) is 0. The minimum Gasteiger partial charge on any atom is -0.508 e. The van der Waals surface area contributed by atoms with Gasteiger partial charge in [-0.25, -0.2) is 0 Å². The van der Waals surface area contributed by atoms with Crippen LogP contribution in [0.15, 0.2) is 54.9 Å². The van der Waals surface area contributed by atoms with E-state index in [1.165, 1.54) is 12.1 Å². The van der Waals surface area contributed by atoms with E-state index in [1.807, 2.05) is 24.5 Å². The highest BCUT2D eigenvalue weighted by atomic mass is 35.5. The van der Waals surface area contributed by atoms with Gasteiger partial charge in [-0.15, -0.1) is 0 Å². The van der Waals surface area contributed by atoms with Crippen LogP contribution in [0.5, 0.6) is 5.75 Å². The Morgan fingerprint density at radius 2 is 1.74 bits per heavy atom. The minimum absolute atomic E-state index is 0.0452. The third-order valence-corrected chi connectivity index (χ3v) is 5.17. The molecule has 5 rings (SSSR count). The quantitative estimate of drug-likeness (QED) is 0.270. The van der Waals surface area contributed by atoms with Crippen LogP contribution in [0, 0.1) is 10.1 Å². The van der Waals surface area contributed by atoms with Gasteiger partial charge in [0, 0.05) is 62.7 Å². The molecule has 132 valence electrons. The Kier molecular flexibility index (Phi) is 3.20. The minimum atomic E-state index is -0.463. The fourth-order valence-corrected chi connectivity index (χ4v) is 3.95. The van der Waals surface area contributed by atoms with E-state index in [9.17, 15) is 15.2 Å². The van der Waals surface area contributed by atoms with Crippen molar-refractivity contribution in [3.63, 3.8) is 0 Å². The summed E-state index contributed by atoms with van der Waals surface area (Å²) in [5.41, 5.74) is 3.35. The van der Waals surface area contributed by atoms with Crippen molar-refractivity contribution in [3.8, 4) is 16.9 Å². The van der Waals surface area contributed by atoms with Crippen LogP contribution in [-0.4, -0.2) is 20.0 Å². The molecule has 0 saturated heterocycles. The molecule has 5 aromatic rings. The number of phenols is 1. The molecule has 0 spiro atoms. The molecule has 6 nitrogen and oxygen atoms in total. The zero-order valence-electron chi connectivity index (χ0n) is 13.8. The summed E-state index contributed by atoms with van der Waals surface area (Å²) in [7, 11) is 0.